The predicted molar refractivity (Wildman–Crippen MR) is 79.2 cm³/mol. The van der Waals surface area contributed by atoms with Crippen molar-refractivity contribution in [1.82, 2.24) is 15.3 Å². The average molecular weight is 343 g/mol. The van der Waals surface area contributed by atoms with Crippen molar-refractivity contribution < 1.29 is 28.3 Å². The van der Waals surface area contributed by atoms with Gasteiger partial charge in [-0.2, -0.15) is 5.10 Å². The Bertz CT molecular complexity index is 685. The molecular weight excluding hydrogens is 324 g/mol. The lowest BCUT2D eigenvalue weighted by Crippen LogP contribution is -2.57. The Morgan fingerprint density at radius 2 is 2.17 bits per heavy atom. The van der Waals surface area contributed by atoms with Crippen LogP contribution in [0.15, 0.2) is 35.3 Å². The molecule has 2 aromatic rings. The van der Waals surface area contributed by atoms with Crippen LogP contribution in [0.25, 0.3) is 11.3 Å². The van der Waals surface area contributed by atoms with Crippen molar-refractivity contribution in [2.45, 2.75) is 38.8 Å². The van der Waals surface area contributed by atoms with Gasteiger partial charge in [0, 0.05) is 18.3 Å². The number of nitrogens with one attached hydrogen (secondary N) is 1. The van der Waals surface area contributed by atoms with Gasteiger partial charge in [0.1, 0.15) is 5.60 Å². The number of furan rings is 1. The fourth-order valence-electron chi connectivity index (χ4n) is 2.35. The number of hydroxylamine groups is 1. The van der Waals surface area contributed by atoms with Crippen molar-refractivity contribution in [3.05, 3.63) is 30.9 Å². The van der Waals surface area contributed by atoms with E-state index in [0.29, 0.717) is 5.69 Å². The van der Waals surface area contributed by atoms with Gasteiger partial charge in [-0.3, -0.25) is 14.7 Å². The minimum atomic E-state index is -3.17. The van der Waals surface area contributed by atoms with Crippen molar-refractivity contribution >= 4 is 5.91 Å². The largest absolute Gasteiger partial charge is 0.472 e. The zero-order valence-electron chi connectivity index (χ0n) is 13.2. The first-order chi connectivity index (χ1) is 11.2. The summed E-state index contributed by atoms with van der Waals surface area (Å²) in [4.78, 5) is 11.9. The van der Waals surface area contributed by atoms with E-state index in [2.05, 4.69) is 5.10 Å². The molecule has 0 fully saturated rings. The second-order valence-corrected chi connectivity index (χ2v) is 5.95. The van der Waals surface area contributed by atoms with E-state index >= 15 is 0 Å². The summed E-state index contributed by atoms with van der Waals surface area (Å²) in [5, 5.41) is 23.2. The lowest BCUT2D eigenvalue weighted by molar-refractivity contribution is -0.183. The van der Waals surface area contributed by atoms with E-state index < -0.39 is 23.3 Å². The number of hydrogen-bond donors (Lipinski definition) is 3. The minimum Gasteiger partial charge on any atom is -0.472 e. The standard InChI is InChI=1S/C15H19F2N3O4/c1-14(13(21)19-23,15(2,22)12(16)17)5-7-20-6-3-11(18-20)10-4-8-24-9-10/h3-4,6,8-9,12,22-23H,5,7H2,1-2H3,(H,19,21). The fourth-order valence-corrected chi connectivity index (χ4v) is 2.35. The molecule has 0 radical (unpaired) electrons. The molecule has 132 valence electrons. The van der Waals surface area contributed by atoms with Crippen LogP contribution in [0.5, 0.6) is 0 Å². The van der Waals surface area contributed by atoms with Crippen LogP contribution in [0.3, 0.4) is 0 Å². The number of aryl methyl sites for hydroxylation is 1. The van der Waals surface area contributed by atoms with Crippen molar-refractivity contribution in [3.8, 4) is 11.3 Å². The molecule has 2 rings (SSSR count). The van der Waals surface area contributed by atoms with Crippen LogP contribution in [-0.4, -0.2) is 38.0 Å². The Kier molecular flexibility index (Phi) is 5.05. The fraction of sp³-hybridized carbons (Fsp3) is 0.467. The van der Waals surface area contributed by atoms with Gasteiger partial charge in [-0.15, -0.1) is 0 Å². The van der Waals surface area contributed by atoms with Crippen LogP contribution in [0.2, 0.25) is 0 Å². The highest BCUT2D eigenvalue weighted by Gasteiger charge is 2.54. The first-order valence-corrected chi connectivity index (χ1v) is 7.23. The SMILES string of the molecule is CC(CCn1ccc(-c2ccoc2)n1)(C(=O)NO)C(C)(O)C(F)F. The smallest absolute Gasteiger partial charge is 0.267 e. The van der Waals surface area contributed by atoms with Crippen LogP contribution in [-0.2, 0) is 11.3 Å². The number of nitrogens with zero attached hydrogens (tertiary/aromatic N) is 2. The highest BCUT2D eigenvalue weighted by molar-refractivity contribution is 5.82. The number of halogens is 2. The van der Waals surface area contributed by atoms with Crippen LogP contribution >= 0.6 is 0 Å². The number of hydrogen-bond acceptors (Lipinski definition) is 5. The maximum atomic E-state index is 13.2. The monoisotopic (exact) mass is 343 g/mol. The van der Waals surface area contributed by atoms with Crippen LogP contribution < -0.4 is 5.48 Å². The van der Waals surface area contributed by atoms with Crippen molar-refractivity contribution in [1.29, 1.82) is 0 Å². The molecule has 2 heterocycles. The van der Waals surface area contributed by atoms with Crippen LogP contribution in [0, 0.1) is 5.41 Å². The van der Waals surface area contributed by atoms with E-state index in [9.17, 15) is 18.7 Å². The number of amides is 1. The quantitative estimate of drug-likeness (QED) is 0.528. The van der Waals surface area contributed by atoms with E-state index in [0.717, 1.165) is 12.5 Å². The Morgan fingerprint density at radius 3 is 2.71 bits per heavy atom. The minimum absolute atomic E-state index is 0.0879. The summed E-state index contributed by atoms with van der Waals surface area (Å²) in [5.74, 6) is -1.09. The molecule has 0 saturated heterocycles. The highest BCUT2D eigenvalue weighted by Crippen LogP contribution is 2.39. The normalized spacial score (nSPS) is 16.6. The van der Waals surface area contributed by atoms with Crippen molar-refractivity contribution in [3.63, 3.8) is 0 Å². The molecular formula is C15H19F2N3O4. The molecule has 7 nitrogen and oxygen atoms in total. The molecule has 3 N–H and O–H groups in total. The third-order valence-electron chi connectivity index (χ3n) is 4.44. The Balaban J connectivity index is 2.18. The zero-order valence-corrected chi connectivity index (χ0v) is 13.2. The summed E-state index contributed by atoms with van der Waals surface area (Å²) in [6.45, 7) is 2.13. The number of alkyl halides is 2. The molecule has 9 heteroatoms. The molecule has 0 saturated carbocycles. The van der Waals surface area contributed by atoms with Crippen LogP contribution in [0.4, 0.5) is 8.78 Å². The Hall–Kier alpha value is -2.26. The molecule has 24 heavy (non-hydrogen) atoms. The van der Waals surface area contributed by atoms with E-state index in [1.807, 2.05) is 0 Å². The van der Waals surface area contributed by atoms with E-state index in [-0.39, 0.29) is 13.0 Å². The van der Waals surface area contributed by atoms with Gasteiger partial charge in [-0.1, -0.05) is 0 Å². The molecule has 1 amide bonds. The van der Waals surface area contributed by atoms with Gasteiger partial charge >= 0.3 is 0 Å². The third-order valence-corrected chi connectivity index (χ3v) is 4.44. The van der Waals surface area contributed by atoms with Crippen LogP contribution in [0.1, 0.15) is 20.3 Å². The number of aliphatic hydroxyl groups is 1. The summed E-state index contributed by atoms with van der Waals surface area (Å²) in [6, 6.07) is 3.43. The molecule has 2 aromatic heterocycles. The molecule has 2 unspecified atom stereocenters. The van der Waals surface area contributed by atoms with Gasteiger partial charge < -0.3 is 9.52 Å². The Labute approximate surface area is 136 Å². The van der Waals surface area contributed by atoms with E-state index in [1.165, 1.54) is 29.6 Å². The summed E-state index contributed by atoms with van der Waals surface area (Å²) in [5.41, 5.74) is -1.81. The first kappa shape index (κ1) is 18.1. The van der Waals surface area contributed by atoms with Gasteiger partial charge in [0.25, 0.3) is 12.3 Å². The highest BCUT2D eigenvalue weighted by atomic mass is 19.3. The second-order valence-electron chi connectivity index (χ2n) is 5.95. The summed E-state index contributed by atoms with van der Waals surface area (Å²) in [6.07, 6.45) is 1.30. The molecule has 0 spiro atoms. The van der Waals surface area contributed by atoms with Gasteiger partial charge in [0.05, 0.1) is 23.6 Å². The van der Waals surface area contributed by atoms with Crippen molar-refractivity contribution in [2.75, 3.05) is 0 Å². The van der Waals surface area contributed by atoms with Gasteiger partial charge in [0.2, 0.25) is 0 Å². The van der Waals surface area contributed by atoms with Gasteiger partial charge in [-0.05, 0) is 32.4 Å². The third kappa shape index (κ3) is 3.17. The molecule has 0 bridgehead atoms. The number of carbonyl (C=O) groups is 1. The number of carbonyl (C=O) groups excluding carboxylic acids is 1. The number of aromatic nitrogens is 2. The van der Waals surface area contributed by atoms with Gasteiger partial charge in [-0.25, -0.2) is 14.3 Å². The number of rotatable bonds is 7. The molecule has 2 atom stereocenters. The molecule has 0 aliphatic heterocycles. The van der Waals surface area contributed by atoms with E-state index in [1.54, 1.807) is 18.3 Å². The Morgan fingerprint density at radius 1 is 1.46 bits per heavy atom. The van der Waals surface area contributed by atoms with Gasteiger partial charge in [0.15, 0.2) is 0 Å². The predicted octanol–water partition coefficient (Wildman–Crippen LogP) is 2.06. The topological polar surface area (TPSA) is 101 Å². The maximum absolute atomic E-state index is 13.2. The van der Waals surface area contributed by atoms with Crippen molar-refractivity contribution in [2.24, 2.45) is 5.41 Å². The molecule has 0 aliphatic rings. The zero-order chi connectivity index (χ0) is 18.0. The molecule has 0 aromatic carbocycles. The lowest BCUT2D eigenvalue weighted by atomic mass is 9.71. The second kappa shape index (κ2) is 6.70. The summed E-state index contributed by atoms with van der Waals surface area (Å²) < 4.78 is 32.8. The summed E-state index contributed by atoms with van der Waals surface area (Å²) >= 11 is 0. The lowest BCUT2D eigenvalue weighted by Gasteiger charge is -2.40. The summed E-state index contributed by atoms with van der Waals surface area (Å²) in [7, 11) is 0. The van der Waals surface area contributed by atoms with E-state index in [4.69, 9.17) is 9.62 Å². The average Bonchev–Trinajstić information content (AvgIpc) is 3.22. The maximum Gasteiger partial charge on any atom is 0.267 e. The molecule has 0 aliphatic carbocycles. The first-order valence-electron chi connectivity index (χ1n) is 7.23.